The van der Waals surface area contributed by atoms with Crippen molar-refractivity contribution < 1.29 is 67.6 Å². The second-order valence-electron chi connectivity index (χ2n) is 18.8. The topological polar surface area (TPSA) is 213 Å². The molecule has 1 amide bonds. The van der Waals surface area contributed by atoms with E-state index in [9.17, 15) is 34.5 Å². The maximum Gasteiger partial charge on any atom is 0.408 e. The molecule has 15 nitrogen and oxygen atoms in total. The number of alkyl carbamates (subject to hydrolysis) is 1. The molecule has 62 heavy (non-hydrogen) atoms. The summed E-state index contributed by atoms with van der Waals surface area (Å²) in [5.41, 5.74) is -7.55. The molecule has 1 heterocycles. The number of amides is 1. The summed E-state index contributed by atoms with van der Waals surface area (Å²) in [7, 11) is 0.235. The van der Waals surface area contributed by atoms with Gasteiger partial charge < -0.3 is 49.0 Å². The first-order valence-electron chi connectivity index (χ1n) is 21.3. The maximum atomic E-state index is 15.5. The lowest BCUT2D eigenvalue weighted by Crippen LogP contribution is -2.82. The van der Waals surface area contributed by atoms with Crippen molar-refractivity contribution in [3.63, 3.8) is 0 Å². The van der Waals surface area contributed by atoms with Crippen LogP contribution in [0.15, 0.2) is 71.8 Å². The number of nitrogens with one attached hydrogen (secondary N) is 1. The van der Waals surface area contributed by atoms with Crippen LogP contribution in [0.3, 0.4) is 0 Å². The number of Topliss-reactive ketones (excluding diaryl/α,β-unsaturated/α-hetero) is 1. The van der Waals surface area contributed by atoms with Gasteiger partial charge in [-0.05, 0) is 63.5 Å². The normalized spacial score (nSPS) is 32.2. The van der Waals surface area contributed by atoms with E-state index in [2.05, 4.69) is 5.32 Å². The number of ketones is 1. The number of hydrogen-bond acceptors (Lipinski definition) is 14. The quantitative estimate of drug-likeness (QED) is 0.0763. The first kappa shape index (κ1) is 46.9. The molecular formula is C46H60BNO14. The first-order chi connectivity index (χ1) is 29.0. The van der Waals surface area contributed by atoms with Crippen LogP contribution in [-0.4, -0.2) is 113 Å². The fourth-order valence-corrected chi connectivity index (χ4v) is 10.1. The zero-order chi connectivity index (χ0) is 45.6. The molecular weight excluding hydrogens is 801 g/mol. The molecule has 1 aliphatic heterocycles. The van der Waals surface area contributed by atoms with Crippen LogP contribution in [0.4, 0.5) is 4.79 Å². The highest BCUT2D eigenvalue weighted by atomic mass is 16.6. The minimum atomic E-state index is -2.30. The second-order valence-corrected chi connectivity index (χ2v) is 18.8. The van der Waals surface area contributed by atoms with Crippen LogP contribution >= 0.6 is 0 Å². The predicted octanol–water partition coefficient (Wildman–Crippen LogP) is 4.46. The zero-order valence-electron chi connectivity index (χ0n) is 37.0. The number of hydrogen-bond donors (Lipinski definition) is 4. The van der Waals surface area contributed by atoms with E-state index in [1.54, 1.807) is 97.0 Å². The largest absolute Gasteiger partial charge is 0.456 e. The highest BCUT2D eigenvalue weighted by Crippen LogP contribution is 2.64. The van der Waals surface area contributed by atoms with Gasteiger partial charge in [-0.1, -0.05) is 82.0 Å². The zero-order valence-corrected chi connectivity index (χ0v) is 37.0. The Kier molecular flexibility index (Phi) is 13.2. The number of aliphatic hydroxyl groups is 3. The molecule has 0 radical (unpaired) electrons. The van der Waals surface area contributed by atoms with Crippen molar-refractivity contribution in [2.24, 2.45) is 16.7 Å². The monoisotopic (exact) mass is 861 g/mol. The number of esters is 3. The second kappa shape index (κ2) is 17.5. The number of carbonyl (C=O) groups excluding carboxylic acids is 5. The standard InChI is InChI=1S/C46H60BNO14/c1-10-21-47-62-30-22-31-45(24-57-31,60-26(3)49)36-38(59-39(53)28-19-15-12-16-20-28)46(56)23-29(25(2)32(43(46,7)8)34(50)37(52)44(30,36)9)58-40(54)35(51)33(27-17-13-11-14-18-27)48-41(55)61-42(4,5)6/h11-20,29-31,33-36,38,47,50-51,56H,10,21-24H2,1-9H3,(H,48,55)/t29?,30?,31-,33+,34-,35-,36+,38+,44-,45+,46-/m1/s1. The number of rotatable bonds is 12. The van der Waals surface area contributed by atoms with Crippen molar-refractivity contribution in [2.45, 2.75) is 147 Å². The van der Waals surface area contributed by atoms with Gasteiger partial charge in [-0.15, -0.1) is 0 Å². The molecule has 3 aliphatic carbocycles. The van der Waals surface area contributed by atoms with E-state index in [0.29, 0.717) is 11.9 Å². The van der Waals surface area contributed by atoms with Crippen LogP contribution in [0.2, 0.25) is 6.32 Å². The lowest BCUT2D eigenvalue weighted by atomic mass is 9.44. The van der Waals surface area contributed by atoms with Gasteiger partial charge in [0.2, 0.25) is 0 Å². The van der Waals surface area contributed by atoms with Crippen LogP contribution in [0.5, 0.6) is 0 Å². The summed E-state index contributed by atoms with van der Waals surface area (Å²) in [6, 6.07) is 14.9. The summed E-state index contributed by atoms with van der Waals surface area (Å²) < 4.78 is 36.7. The highest BCUT2D eigenvalue weighted by molar-refractivity contribution is 6.27. The summed E-state index contributed by atoms with van der Waals surface area (Å²) in [6.45, 7) is 14.3. The average Bonchev–Trinajstić information content (AvgIpc) is 3.20. The minimum Gasteiger partial charge on any atom is -0.456 e. The number of benzene rings is 2. The Bertz CT molecular complexity index is 2050. The van der Waals surface area contributed by atoms with E-state index in [0.717, 1.165) is 6.42 Å². The molecule has 1 saturated heterocycles. The van der Waals surface area contributed by atoms with Gasteiger partial charge in [0.25, 0.3) is 7.48 Å². The van der Waals surface area contributed by atoms with Gasteiger partial charge in [0.1, 0.15) is 35.6 Å². The number of ether oxygens (including phenoxy) is 5. The summed E-state index contributed by atoms with van der Waals surface area (Å²) in [5, 5.41) is 40.4. The first-order valence-corrected chi connectivity index (χ1v) is 21.3. The molecule has 11 atom stereocenters. The molecule has 0 spiro atoms. The van der Waals surface area contributed by atoms with Crippen LogP contribution in [0, 0.1) is 16.7 Å². The molecule has 6 rings (SSSR count). The Morgan fingerprint density at radius 1 is 1.00 bits per heavy atom. The summed E-state index contributed by atoms with van der Waals surface area (Å²) in [6.07, 6.45) is -8.83. The van der Waals surface area contributed by atoms with Crippen molar-refractivity contribution >= 4 is 37.3 Å². The van der Waals surface area contributed by atoms with E-state index < -0.39 is 112 Å². The van der Waals surface area contributed by atoms with E-state index in [1.807, 2.05) is 6.92 Å². The summed E-state index contributed by atoms with van der Waals surface area (Å²) >= 11 is 0. The molecule has 2 bridgehead atoms. The van der Waals surface area contributed by atoms with Gasteiger partial charge >= 0.3 is 24.0 Å². The molecule has 4 aliphatic rings. The third kappa shape index (κ3) is 8.32. The fourth-order valence-electron chi connectivity index (χ4n) is 10.1. The van der Waals surface area contributed by atoms with Gasteiger partial charge in [-0.2, -0.15) is 0 Å². The van der Waals surface area contributed by atoms with Crippen LogP contribution in [0.1, 0.15) is 104 Å². The van der Waals surface area contributed by atoms with Crippen molar-refractivity contribution in [3.05, 3.63) is 82.9 Å². The third-order valence-corrected chi connectivity index (χ3v) is 13.4. The number of carbonyl (C=O) groups is 5. The fraction of sp³-hybridized carbons (Fsp3) is 0.587. The van der Waals surface area contributed by atoms with Crippen molar-refractivity contribution in [1.29, 1.82) is 0 Å². The predicted molar refractivity (Wildman–Crippen MR) is 225 cm³/mol. The number of aliphatic hydroxyl groups excluding tert-OH is 2. The highest BCUT2D eigenvalue weighted by Gasteiger charge is 2.78. The van der Waals surface area contributed by atoms with Crippen LogP contribution in [0.25, 0.3) is 0 Å². The molecule has 336 valence electrons. The molecule has 4 N–H and O–H groups in total. The molecule has 2 saturated carbocycles. The van der Waals surface area contributed by atoms with E-state index in [-0.39, 0.29) is 37.2 Å². The molecule has 3 fully saturated rings. The molecule has 2 aromatic carbocycles. The Labute approximate surface area is 363 Å². The summed E-state index contributed by atoms with van der Waals surface area (Å²) in [4.78, 5) is 70.1. The molecule has 16 heteroatoms. The maximum absolute atomic E-state index is 15.5. The van der Waals surface area contributed by atoms with Gasteiger partial charge in [0.05, 0.1) is 35.6 Å². The van der Waals surface area contributed by atoms with Gasteiger partial charge in [0, 0.05) is 25.2 Å². The molecule has 0 aromatic heterocycles. The lowest BCUT2D eigenvalue weighted by molar-refractivity contribution is -0.344. The SMILES string of the molecule is CCCBOC1C[C@H]2OC[C@@]2(OC(C)=O)[C@H]2[C@H](OC(=O)c3ccccc3)[C@]3(O)CC(OC(=O)[C@H](O)[C@@H](NC(=O)OC(C)(C)C)c4ccccc4)C(C)=C([C@@H](O)C(=O)[C@]12C)C3(C)C. The van der Waals surface area contributed by atoms with Gasteiger partial charge in [-0.25, -0.2) is 14.4 Å². The number of fused-ring (bicyclic) bond motifs is 5. The average molecular weight is 862 g/mol. The molecule has 2 aromatic rings. The third-order valence-electron chi connectivity index (χ3n) is 13.4. The smallest absolute Gasteiger partial charge is 0.408 e. The van der Waals surface area contributed by atoms with E-state index in [4.69, 9.17) is 28.3 Å². The van der Waals surface area contributed by atoms with Crippen molar-refractivity contribution in [3.8, 4) is 0 Å². The van der Waals surface area contributed by atoms with E-state index >= 15 is 4.79 Å². The van der Waals surface area contributed by atoms with Crippen molar-refractivity contribution in [2.75, 3.05) is 6.61 Å². The van der Waals surface area contributed by atoms with Crippen molar-refractivity contribution in [1.82, 2.24) is 5.32 Å². The minimum absolute atomic E-state index is 0.0105. The Morgan fingerprint density at radius 3 is 2.19 bits per heavy atom. The molecule has 2 unspecified atom stereocenters. The van der Waals surface area contributed by atoms with E-state index in [1.165, 1.54) is 19.1 Å². The summed E-state index contributed by atoms with van der Waals surface area (Å²) in [5.74, 6) is -4.93. The Hall–Kier alpha value is -4.61. The lowest BCUT2D eigenvalue weighted by Gasteiger charge is -2.68. The Balaban J connectivity index is 1.51. The Morgan fingerprint density at radius 2 is 1.63 bits per heavy atom. The van der Waals surface area contributed by atoms with Gasteiger partial charge in [0.15, 0.2) is 17.5 Å². The van der Waals surface area contributed by atoms with Gasteiger partial charge in [-0.3, -0.25) is 9.59 Å². The van der Waals surface area contributed by atoms with Crippen LogP contribution in [-0.2, 0) is 42.7 Å². The van der Waals surface area contributed by atoms with Crippen LogP contribution < -0.4 is 5.32 Å².